The molecule has 0 spiro atoms. The molecule has 0 amide bonds. The van der Waals surface area contributed by atoms with Gasteiger partial charge in [-0.25, -0.2) is 4.79 Å². The quantitative estimate of drug-likeness (QED) is 0.653. The largest absolute Gasteiger partial charge is 0.478 e. The minimum Gasteiger partial charge on any atom is -0.478 e. The van der Waals surface area contributed by atoms with Crippen LogP contribution in [-0.2, 0) is 7.05 Å². The summed E-state index contributed by atoms with van der Waals surface area (Å²) in [4.78, 5) is 21.4. The zero-order valence-corrected chi connectivity index (χ0v) is 10.8. The lowest BCUT2D eigenvalue weighted by molar-refractivity contribution is -0.384. The highest BCUT2D eigenvalue weighted by molar-refractivity contribution is 5.90. The molecule has 0 saturated carbocycles. The van der Waals surface area contributed by atoms with Crippen LogP contribution in [0.15, 0.2) is 24.4 Å². The molecule has 104 valence electrons. The van der Waals surface area contributed by atoms with Crippen molar-refractivity contribution in [2.75, 3.05) is 5.32 Å². The number of aromatic carboxylic acids is 1. The van der Waals surface area contributed by atoms with Gasteiger partial charge in [0, 0.05) is 12.7 Å². The van der Waals surface area contributed by atoms with Crippen molar-refractivity contribution >= 4 is 23.2 Å². The third-order valence-electron chi connectivity index (χ3n) is 2.74. The Labute approximate surface area is 113 Å². The Bertz CT molecular complexity index is 693. The summed E-state index contributed by atoms with van der Waals surface area (Å²) in [6.45, 7) is 1.68. The van der Waals surface area contributed by atoms with Gasteiger partial charge in [-0.05, 0) is 24.6 Å². The van der Waals surface area contributed by atoms with Crippen LogP contribution in [-0.4, -0.2) is 25.8 Å². The number of rotatable bonds is 4. The Morgan fingerprint density at radius 1 is 1.50 bits per heavy atom. The van der Waals surface area contributed by atoms with Crippen LogP contribution in [0, 0.1) is 17.0 Å². The first-order valence-electron chi connectivity index (χ1n) is 5.67. The average molecular weight is 276 g/mol. The first-order chi connectivity index (χ1) is 9.38. The van der Waals surface area contributed by atoms with Crippen LogP contribution in [0.3, 0.4) is 0 Å². The lowest BCUT2D eigenvalue weighted by Gasteiger charge is -2.06. The molecule has 0 bridgehead atoms. The summed E-state index contributed by atoms with van der Waals surface area (Å²) in [5, 5.41) is 26.6. The molecule has 0 radical (unpaired) electrons. The second-order valence-electron chi connectivity index (χ2n) is 4.25. The SMILES string of the molecule is Cc1ccc(Nc2nn(C)cc2[N+](=O)[O-])cc1C(=O)O. The number of benzene rings is 1. The van der Waals surface area contributed by atoms with Crippen molar-refractivity contribution in [3.05, 3.63) is 45.6 Å². The molecule has 0 atom stereocenters. The summed E-state index contributed by atoms with van der Waals surface area (Å²) in [6, 6.07) is 4.68. The van der Waals surface area contributed by atoms with E-state index < -0.39 is 10.9 Å². The number of hydrogen-bond donors (Lipinski definition) is 2. The molecule has 0 saturated heterocycles. The Kier molecular flexibility index (Phi) is 3.38. The Morgan fingerprint density at radius 2 is 2.20 bits per heavy atom. The molecule has 0 unspecified atom stereocenters. The number of anilines is 2. The fraction of sp³-hybridized carbons (Fsp3) is 0.167. The van der Waals surface area contributed by atoms with Gasteiger partial charge in [-0.1, -0.05) is 6.07 Å². The van der Waals surface area contributed by atoms with Crippen molar-refractivity contribution < 1.29 is 14.8 Å². The van der Waals surface area contributed by atoms with E-state index in [1.54, 1.807) is 26.1 Å². The maximum atomic E-state index is 11.0. The van der Waals surface area contributed by atoms with Gasteiger partial charge in [0.05, 0.1) is 10.5 Å². The minimum absolute atomic E-state index is 0.0673. The molecule has 1 aromatic heterocycles. The summed E-state index contributed by atoms with van der Waals surface area (Å²) < 4.78 is 1.31. The minimum atomic E-state index is -1.05. The monoisotopic (exact) mass is 276 g/mol. The summed E-state index contributed by atoms with van der Waals surface area (Å²) in [5.74, 6) is -0.987. The summed E-state index contributed by atoms with van der Waals surface area (Å²) >= 11 is 0. The predicted octanol–water partition coefficient (Wildman–Crippen LogP) is 2.08. The molecule has 20 heavy (non-hydrogen) atoms. The van der Waals surface area contributed by atoms with Crippen LogP contribution in [0.4, 0.5) is 17.2 Å². The van der Waals surface area contributed by atoms with E-state index in [0.717, 1.165) is 0 Å². The average Bonchev–Trinajstić information content (AvgIpc) is 2.72. The molecule has 1 heterocycles. The van der Waals surface area contributed by atoms with Crippen LogP contribution in [0.5, 0.6) is 0 Å². The number of nitrogens with one attached hydrogen (secondary N) is 1. The predicted molar refractivity (Wildman–Crippen MR) is 71.3 cm³/mol. The van der Waals surface area contributed by atoms with Crippen molar-refractivity contribution in [2.24, 2.45) is 7.05 Å². The maximum Gasteiger partial charge on any atom is 0.336 e. The van der Waals surface area contributed by atoms with Crippen molar-refractivity contribution in [2.45, 2.75) is 6.92 Å². The molecule has 2 rings (SSSR count). The van der Waals surface area contributed by atoms with Crippen molar-refractivity contribution in [3.63, 3.8) is 0 Å². The molecule has 0 aliphatic rings. The van der Waals surface area contributed by atoms with E-state index in [4.69, 9.17) is 5.11 Å². The van der Waals surface area contributed by atoms with Gasteiger partial charge in [-0.3, -0.25) is 14.8 Å². The highest BCUT2D eigenvalue weighted by atomic mass is 16.6. The molecule has 0 fully saturated rings. The summed E-state index contributed by atoms with van der Waals surface area (Å²) in [6.07, 6.45) is 1.27. The molecule has 1 aromatic carbocycles. The molecular formula is C12H12N4O4. The van der Waals surface area contributed by atoms with Gasteiger partial charge in [0.25, 0.3) is 0 Å². The Morgan fingerprint density at radius 3 is 2.80 bits per heavy atom. The number of nitro groups is 1. The van der Waals surface area contributed by atoms with Crippen LogP contribution < -0.4 is 5.32 Å². The second-order valence-corrected chi connectivity index (χ2v) is 4.25. The lowest BCUT2D eigenvalue weighted by atomic mass is 10.1. The molecule has 2 N–H and O–H groups in total. The van der Waals surface area contributed by atoms with Gasteiger partial charge in [-0.2, -0.15) is 0 Å². The highest BCUT2D eigenvalue weighted by Crippen LogP contribution is 2.26. The lowest BCUT2D eigenvalue weighted by Crippen LogP contribution is -2.02. The van der Waals surface area contributed by atoms with E-state index in [2.05, 4.69) is 10.4 Å². The summed E-state index contributed by atoms with van der Waals surface area (Å²) in [5.41, 5.74) is 0.993. The fourth-order valence-electron chi connectivity index (χ4n) is 1.77. The van der Waals surface area contributed by atoms with Crippen molar-refractivity contribution in [1.82, 2.24) is 9.78 Å². The zero-order chi connectivity index (χ0) is 14.9. The van der Waals surface area contributed by atoms with Crippen molar-refractivity contribution in [1.29, 1.82) is 0 Å². The Balaban J connectivity index is 2.38. The zero-order valence-electron chi connectivity index (χ0n) is 10.8. The first kappa shape index (κ1) is 13.5. The summed E-state index contributed by atoms with van der Waals surface area (Å²) in [7, 11) is 1.57. The van der Waals surface area contributed by atoms with Crippen LogP contribution in [0.2, 0.25) is 0 Å². The highest BCUT2D eigenvalue weighted by Gasteiger charge is 2.19. The smallest absolute Gasteiger partial charge is 0.336 e. The van der Waals surface area contributed by atoms with Crippen LogP contribution in [0.1, 0.15) is 15.9 Å². The van der Waals surface area contributed by atoms with Crippen LogP contribution in [0.25, 0.3) is 0 Å². The number of aryl methyl sites for hydroxylation is 2. The molecule has 0 aliphatic carbocycles. The number of carboxylic acid groups (broad SMARTS) is 1. The number of aromatic nitrogens is 2. The van der Waals surface area contributed by atoms with Gasteiger partial charge in [-0.15, -0.1) is 5.10 Å². The number of carbonyl (C=O) groups is 1. The van der Waals surface area contributed by atoms with Crippen LogP contribution >= 0.6 is 0 Å². The van der Waals surface area contributed by atoms with E-state index in [9.17, 15) is 14.9 Å². The van der Waals surface area contributed by atoms with Gasteiger partial charge < -0.3 is 10.4 Å². The number of carboxylic acids is 1. The number of nitrogens with zero attached hydrogens (tertiary/aromatic N) is 3. The standard InChI is InChI=1S/C12H12N4O4/c1-7-3-4-8(5-9(7)12(17)18)13-11-10(16(19)20)6-15(2)14-11/h3-6H,1-2H3,(H,13,14)(H,17,18). The second kappa shape index (κ2) is 5.00. The first-order valence-corrected chi connectivity index (χ1v) is 5.67. The number of hydrogen-bond acceptors (Lipinski definition) is 5. The van der Waals surface area contributed by atoms with Crippen molar-refractivity contribution in [3.8, 4) is 0 Å². The topological polar surface area (TPSA) is 110 Å². The maximum absolute atomic E-state index is 11.0. The van der Waals surface area contributed by atoms with E-state index in [0.29, 0.717) is 11.3 Å². The normalized spacial score (nSPS) is 10.3. The van der Waals surface area contributed by atoms with Gasteiger partial charge in [0.15, 0.2) is 0 Å². The fourth-order valence-corrected chi connectivity index (χ4v) is 1.77. The molecule has 8 heteroatoms. The van der Waals surface area contributed by atoms with E-state index >= 15 is 0 Å². The van der Waals surface area contributed by atoms with Gasteiger partial charge >= 0.3 is 11.7 Å². The van der Waals surface area contributed by atoms with E-state index in [1.807, 2.05) is 0 Å². The third kappa shape index (κ3) is 2.58. The molecular weight excluding hydrogens is 264 g/mol. The van der Waals surface area contributed by atoms with Gasteiger partial charge in [0.1, 0.15) is 6.20 Å². The molecule has 8 nitrogen and oxygen atoms in total. The van der Waals surface area contributed by atoms with Gasteiger partial charge in [0.2, 0.25) is 5.82 Å². The van der Waals surface area contributed by atoms with E-state index in [-0.39, 0.29) is 17.1 Å². The molecule has 2 aromatic rings. The Hall–Kier alpha value is -2.90. The third-order valence-corrected chi connectivity index (χ3v) is 2.74. The van der Waals surface area contributed by atoms with E-state index in [1.165, 1.54) is 16.9 Å². The molecule has 0 aliphatic heterocycles.